The predicted molar refractivity (Wildman–Crippen MR) is 94.8 cm³/mol. The summed E-state index contributed by atoms with van der Waals surface area (Å²) in [6.45, 7) is 8.65. The lowest BCUT2D eigenvalue weighted by atomic mass is 10.2. The van der Waals surface area contributed by atoms with Gasteiger partial charge < -0.3 is 19.0 Å². The number of fused-ring (bicyclic) bond motifs is 1. The quantitative estimate of drug-likeness (QED) is 0.831. The van der Waals surface area contributed by atoms with Crippen molar-refractivity contribution in [2.75, 3.05) is 63.9 Å². The summed E-state index contributed by atoms with van der Waals surface area (Å²) in [4.78, 5) is 23.5. The number of ether oxygens (including phenoxy) is 1. The Morgan fingerprint density at radius 2 is 1.92 bits per heavy atom. The normalized spacial score (nSPS) is 19.6. The molecule has 2 saturated heterocycles. The Labute approximate surface area is 147 Å². The lowest BCUT2D eigenvalue weighted by molar-refractivity contribution is -0.133. The molecule has 0 unspecified atom stereocenters. The Morgan fingerprint density at radius 3 is 2.68 bits per heavy atom. The molecule has 0 atom stereocenters. The molecule has 134 valence electrons. The van der Waals surface area contributed by atoms with Gasteiger partial charge in [0.05, 0.1) is 25.1 Å². The van der Waals surface area contributed by atoms with Gasteiger partial charge in [0.2, 0.25) is 5.91 Å². The van der Waals surface area contributed by atoms with Crippen molar-refractivity contribution in [2.45, 2.75) is 6.92 Å². The highest BCUT2D eigenvalue weighted by atomic mass is 16.5. The highest BCUT2D eigenvalue weighted by molar-refractivity contribution is 5.89. The largest absolute Gasteiger partial charge is 0.461 e. The summed E-state index contributed by atoms with van der Waals surface area (Å²) in [5, 5.41) is 1.05. The number of anilines is 1. The monoisotopic (exact) mass is 344 g/mol. The third kappa shape index (κ3) is 3.48. The van der Waals surface area contributed by atoms with E-state index in [1.54, 1.807) is 6.20 Å². The summed E-state index contributed by atoms with van der Waals surface area (Å²) in [5.41, 5.74) is 0.869. The number of furan rings is 1. The average molecular weight is 344 g/mol. The van der Waals surface area contributed by atoms with Crippen LogP contribution in [-0.4, -0.2) is 79.7 Å². The molecule has 0 bridgehead atoms. The number of nitrogens with zero attached hydrogens (tertiary/aromatic N) is 4. The zero-order chi connectivity index (χ0) is 17.2. The highest BCUT2D eigenvalue weighted by Gasteiger charge is 2.25. The summed E-state index contributed by atoms with van der Waals surface area (Å²) in [6, 6.07) is 3.93. The number of hydrogen-bond donors (Lipinski definition) is 0. The average Bonchev–Trinajstić information content (AvgIpc) is 3.03. The van der Waals surface area contributed by atoms with Crippen LogP contribution in [-0.2, 0) is 9.53 Å². The van der Waals surface area contributed by atoms with E-state index in [9.17, 15) is 4.79 Å². The van der Waals surface area contributed by atoms with E-state index in [0.717, 1.165) is 75.0 Å². The van der Waals surface area contributed by atoms with E-state index in [1.165, 1.54) is 0 Å². The molecule has 2 aromatic rings. The van der Waals surface area contributed by atoms with Crippen LogP contribution in [0.2, 0.25) is 0 Å². The minimum absolute atomic E-state index is 0.215. The van der Waals surface area contributed by atoms with Crippen LogP contribution in [0.5, 0.6) is 0 Å². The van der Waals surface area contributed by atoms with Crippen LogP contribution in [0.3, 0.4) is 0 Å². The van der Waals surface area contributed by atoms with Crippen LogP contribution in [0.15, 0.2) is 22.7 Å². The van der Waals surface area contributed by atoms with Gasteiger partial charge in [0.1, 0.15) is 17.2 Å². The number of aromatic nitrogens is 1. The second kappa shape index (κ2) is 7.01. The van der Waals surface area contributed by atoms with E-state index in [1.807, 2.05) is 24.0 Å². The summed E-state index contributed by atoms with van der Waals surface area (Å²) in [5.74, 6) is 2.06. The van der Waals surface area contributed by atoms with Crippen LogP contribution in [0.25, 0.3) is 11.0 Å². The third-order valence-corrected chi connectivity index (χ3v) is 4.94. The van der Waals surface area contributed by atoms with Crippen molar-refractivity contribution in [3.05, 3.63) is 24.1 Å². The molecule has 7 heteroatoms. The number of piperazine rings is 1. The van der Waals surface area contributed by atoms with Crippen LogP contribution in [0.4, 0.5) is 5.82 Å². The van der Waals surface area contributed by atoms with Crippen molar-refractivity contribution in [1.29, 1.82) is 0 Å². The fourth-order valence-corrected chi connectivity index (χ4v) is 3.55. The smallest absolute Gasteiger partial charge is 0.236 e. The molecule has 2 fully saturated rings. The van der Waals surface area contributed by atoms with Crippen molar-refractivity contribution in [2.24, 2.45) is 0 Å². The number of pyridine rings is 1. The number of rotatable bonds is 3. The Morgan fingerprint density at radius 1 is 1.16 bits per heavy atom. The van der Waals surface area contributed by atoms with Gasteiger partial charge in [0, 0.05) is 45.5 Å². The van der Waals surface area contributed by atoms with Crippen LogP contribution in [0, 0.1) is 6.92 Å². The number of morpholine rings is 1. The molecule has 2 aliphatic heterocycles. The molecule has 4 heterocycles. The first-order chi connectivity index (χ1) is 12.2. The zero-order valence-corrected chi connectivity index (χ0v) is 14.6. The molecular weight excluding hydrogens is 320 g/mol. The minimum Gasteiger partial charge on any atom is -0.461 e. The fourth-order valence-electron chi connectivity index (χ4n) is 3.55. The number of carbonyl (C=O) groups is 1. The van der Waals surface area contributed by atoms with Crippen LogP contribution < -0.4 is 4.90 Å². The Balaban J connectivity index is 1.38. The first-order valence-corrected chi connectivity index (χ1v) is 8.89. The zero-order valence-electron chi connectivity index (χ0n) is 14.6. The maximum atomic E-state index is 12.5. The second-order valence-corrected chi connectivity index (χ2v) is 6.66. The topological polar surface area (TPSA) is 62.0 Å². The highest BCUT2D eigenvalue weighted by Crippen LogP contribution is 2.28. The number of aryl methyl sites for hydroxylation is 1. The molecule has 0 aliphatic carbocycles. The van der Waals surface area contributed by atoms with Crippen molar-refractivity contribution >= 4 is 22.7 Å². The molecule has 0 radical (unpaired) electrons. The molecule has 0 saturated carbocycles. The van der Waals surface area contributed by atoms with E-state index >= 15 is 0 Å². The first-order valence-electron chi connectivity index (χ1n) is 8.89. The number of hydrogen-bond acceptors (Lipinski definition) is 6. The van der Waals surface area contributed by atoms with Gasteiger partial charge in [-0.1, -0.05) is 0 Å². The number of amides is 1. The maximum absolute atomic E-state index is 12.5. The maximum Gasteiger partial charge on any atom is 0.236 e. The van der Waals surface area contributed by atoms with Crippen LogP contribution in [0.1, 0.15) is 5.76 Å². The van der Waals surface area contributed by atoms with Crippen molar-refractivity contribution in [3.63, 3.8) is 0 Å². The van der Waals surface area contributed by atoms with E-state index in [0.29, 0.717) is 6.54 Å². The van der Waals surface area contributed by atoms with Crippen molar-refractivity contribution in [3.8, 4) is 0 Å². The van der Waals surface area contributed by atoms with Gasteiger partial charge in [0.25, 0.3) is 0 Å². The minimum atomic E-state index is 0.215. The third-order valence-electron chi connectivity index (χ3n) is 4.94. The lowest BCUT2D eigenvalue weighted by Crippen LogP contribution is -2.52. The molecule has 0 aromatic carbocycles. The van der Waals surface area contributed by atoms with Gasteiger partial charge in [-0.3, -0.25) is 9.69 Å². The first kappa shape index (κ1) is 16.4. The van der Waals surface area contributed by atoms with Gasteiger partial charge in [-0.2, -0.15) is 0 Å². The Hall–Kier alpha value is -2.12. The van der Waals surface area contributed by atoms with Gasteiger partial charge in [-0.05, 0) is 19.1 Å². The van der Waals surface area contributed by atoms with Gasteiger partial charge in [-0.25, -0.2) is 4.98 Å². The molecular formula is C18H24N4O3. The molecule has 0 spiro atoms. The summed E-state index contributed by atoms with van der Waals surface area (Å²) in [7, 11) is 0. The Bertz CT molecular complexity index is 746. The summed E-state index contributed by atoms with van der Waals surface area (Å²) < 4.78 is 11.0. The van der Waals surface area contributed by atoms with E-state index in [2.05, 4.69) is 14.8 Å². The second-order valence-electron chi connectivity index (χ2n) is 6.66. The van der Waals surface area contributed by atoms with Crippen molar-refractivity contribution < 1.29 is 13.9 Å². The molecule has 2 aromatic heterocycles. The lowest BCUT2D eigenvalue weighted by Gasteiger charge is -2.37. The van der Waals surface area contributed by atoms with E-state index in [4.69, 9.17) is 9.15 Å². The molecule has 2 aliphatic rings. The molecule has 0 N–H and O–H groups in total. The summed E-state index contributed by atoms with van der Waals surface area (Å²) in [6.07, 6.45) is 1.79. The predicted octanol–water partition coefficient (Wildman–Crippen LogP) is 1.12. The molecule has 4 rings (SSSR count). The standard InChI is InChI=1S/C18H24N4O3/c1-14-12-15-16(25-14)2-3-19-18(15)22-6-4-21(5-7-22)17(23)13-20-8-10-24-11-9-20/h2-3,12H,4-11,13H2,1H3. The molecule has 1 amide bonds. The number of carbonyl (C=O) groups excluding carboxylic acids is 1. The van der Waals surface area contributed by atoms with Crippen LogP contribution >= 0.6 is 0 Å². The van der Waals surface area contributed by atoms with Gasteiger partial charge in [0.15, 0.2) is 0 Å². The van der Waals surface area contributed by atoms with E-state index < -0.39 is 0 Å². The fraction of sp³-hybridized carbons (Fsp3) is 0.556. The van der Waals surface area contributed by atoms with Gasteiger partial charge >= 0.3 is 0 Å². The molecule has 25 heavy (non-hydrogen) atoms. The SMILES string of the molecule is Cc1cc2c(N3CCN(C(=O)CN4CCOCC4)CC3)nccc2o1. The summed E-state index contributed by atoms with van der Waals surface area (Å²) >= 11 is 0. The van der Waals surface area contributed by atoms with Gasteiger partial charge in [-0.15, -0.1) is 0 Å². The molecule has 7 nitrogen and oxygen atoms in total. The van der Waals surface area contributed by atoms with E-state index in [-0.39, 0.29) is 5.91 Å². The van der Waals surface area contributed by atoms with Crippen molar-refractivity contribution in [1.82, 2.24) is 14.8 Å². The Kier molecular flexibility index (Phi) is 4.59.